The lowest BCUT2D eigenvalue weighted by Crippen LogP contribution is -2.53. The molecule has 0 radical (unpaired) electrons. The summed E-state index contributed by atoms with van der Waals surface area (Å²) in [6, 6.07) is 28.3. The number of benzene rings is 3. The number of likely N-dealkylation sites (tertiary alicyclic amines) is 1. The first-order chi connectivity index (χ1) is 18.1. The summed E-state index contributed by atoms with van der Waals surface area (Å²) in [5.74, 6) is 0.948. The predicted octanol–water partition coefficient (Wildman–Crippen LogP) is 4.15. The molecule has 0 unspecified atom stereocenters. The van der Waals surface area contributed by atoms with E-state index in [1.54, 1.807) is 0 Å². The molecule has 2 aliphatic rings. The SMILES string of the molecule is CN(CCc1ccccc1)C(=O)C1(c2ccccc2)CCN(CCN2C(=O)COc3ccccc32)CC1. The second-order valence-corrected chi connectivity index (χ2v) is 10.1. The molecule has 37 heavy (non-hydrogen) atoms. The zero-order valence-corrected chi connectivity index (χ0v) is 21.5. The number of nitrogens with zero attached hydrogens (tertiary/aromatic N) is 3. The molecule has 0 bridgehead atoms. The number of rotatable bonds is 8. The molecule has 3 aromatic rings. The van der Waals surface area contributed by atoms with E-state index in [4.69, 9.17) is 4.74 Å². The van der Waals surface area contributed by atoms with E-state index in [9.17, 15) is 9.59 Å². The third-order valence-electron chi connectivity index (χ3n) is 7.82. The van der Waals surface area contributed by atoms with Crippen LogP contribution in [0.25, 0.3) is 0 Å². The second-order valence-electron chi connectivity index (χ2n) is 10.1. The maximum atomic E-state index is 14.0. The highest BCUT2D eigenvalue weighted by molar-refractivity contribution is 5.97. The molecule has 6 nitrogen and oxygen atoms in total. The molecule has 0 aromatic heterocycles. The molecule has 0 saturated carbocycles. The van der Waals surface area contributed by atoms with Crippen LogP contribution in [0.1, 0.15) is 24.0 Å². The van der Waals surface area contributed by atoms with Crippen molar-refractivity contribution in [3.8, 4) is 5.75 Å². The Morgan fingerprint density at radius 3 is 2.27 bits per heavy atom. The fraction of sp³-hybridized carbons (Fsp3) is 0.355. The van der Waals surface area contributed by atoms with E-state index in [0.717, 1.165) is 55.9 Å². The molecule has 0 N–H and O–H groups in total. The van der Waals surface area contributed by atoms with Crippen LogP contribution in [0.3, 0.4) is 0 Å². The Morgan fingerprint density at radius 1 is 0.892 bits per heavy atom. The lowest BCUT2D eigenvalue weighted by molar-refractivity contribution is -0.138. The number of likely N-dealkylation sites (N-methyl/N-ethyl adjacent to an activating group) is 1. The number of amides is 2. The van der Waals surface area contributed by atoms with Crippen LogP contribution in [0.5, 0.6) is 5.75 Å². The fourth-order valence-corrected chi connectivity index (χ4v) is 5.59. The Kier molecular flexibility index (Phi) is 7.56. The van der Waals surface area contributed by atoms with Crippen molar-refractivity contribution in [3.63, 3.8) is 0 Å². The first-order valence-corrected chi connectivity index (χ1v) is 13.2. The van der Waals surface area contributed by atoms with Gasteiger partial charge in [-0.25, -0.2) is 0 Å². The van der Waals surface area contributed by atoms with Gasteiger partial charge >= 0.3 is 0 Å². The smallest absolute Gasteiger partial charge is 0.265 e. The molecule has 192 valence electrons. The van der Waals surface area contributed by atoms with Crippen molar-refractivity contribution < 1.29 is 14.3 Å². The molecule has 3 aromatic carbocycles. The van der Waals surface area contributed by atoms with Crippen molar-refractivity contribution in [2.45, 2.75) is 24.7 Å². The number of piperidine rings is 1. The van der Waals surface area contributed by atoms with Gasteiger partial charge in [-0.2, -0.15) is 0 Å². The van der Waals surface area contributed by atoms with E-state index in [2.05, 4.69) is 29.2 Å². The fourth-order valence-electron chi connectivity index (χ4n) is 5.59. The van der Waals surface area contributed by atoms with Crippen molar-refractivity contribution >= 4 is 17.5 Å². The van der Waals surface area contributed by atoms with Crippen LogP contribution >= 0.6 is 0 Å². The third kappa shape index (κ3) is 5.39. The van der Waals surface area contributed by atoms with Crippen LogP contribution in [0.2, 0.25) is 0 Å². The number of ether oxygens (including phenoxy) is 1. The van der Waals surface area contributed by atoms with E-state index in [0.29, 0.717) is 13.1 Å². The van der Waals surface area contributed by atoms with Gasteiger partial charge < -0.3 is 19.4 Å². The van der Waals surface area contributed by atoms with Crippen LogP contribution < -0.4 is 9.64 Å². The van der Waals surface area contributed by atoms with Gasteiger partial charge in [0.1, 0.15) is 5.75 Å². The number of fused-ring (bicyclic) bond motifs is 1. The summed E-state index contributed by atoms with van der Waals surface area (Å²) in [4.78, 5) is 32.7. The van der Waals surface area contributed by atoms with Crippen LogP contribution in [0.15, 0.2) is 84.9 Å². The van der Waals surface area contributed by atoms with E-state index in [1.165, 1.54) is 5.56 Å². The molecule has 2 amide bonds. The molecule has 0 atom stereocenters. The van der Waals surface area contributed by atoms with Gasteiger partial charge in [0.05, 0.1) is 11.1 Å². The lowest BCUT2D eigenvalue weighted by atomic mass is 9.71. The zero-order chi connectivity index (χ0) is 25.7. The summed E-state index contributed by atoms with van der Waals surface area (Å²) in [6.07, 6.45) is 2.37. The number of hydrogen-bond donors (Lipinski definition) is 0. The molecule has 1 saturated heterocycles. The molecule has 5 rings (SSSR count). The Hall–Kier alpha value is -3.64. The molecule has 2 heterocycles. The highest BCUT2D eigenvalue weighted by Crippen LogP contribution is 2.38. The number of hydrogen-bond acceptors (Lipinski definition) is 4. The summed E-state index contributed by atoms with van der Waals surface area (Å²) < 4.78 is 5.58. The molecule has 0 aliphatic carbocycles. The minimum absolute atomic E-state index is 0.00967. The molecular weight excluding hydrogens is 462 g/mol. The van der Waals surface area contributed by atoms with Gasteiger partial charge in [-0.05, 0) is 55.6 Å². The zero-order valence-electron chi connectivity index (χ0n) is 21.5. The Bertz CT molecular complexity index is 1210. The summed E-state index contributed by atoms with van der Waals surface area (Å²) in [5, 5.41) is 0. The van der Waals surface area contributed by atoms with Gasteiger partial charge in [-0.1, -0.05) is 72.8 Å². The Labute approximate surface area is 219 Å². The van der Waals surface area contributed by atoms with Gasteiger partial charge in [0.2, 0.25) is 5.91 Å². The summed E-state index contributed by atoms with van der Waals surface area (Å²) in [6.45, 7) is 3.78. The minimum Gasteiger partial charge on any atom is -0.482 e. The van der Waals surface area contributed by atoms with E-state index in [-0.39, 0.29) is 18.4 Å². The first kappa shape index (κ1) is 25.0. The van der Waals surface area contributed by atoms with Crippen molar-refractivity contribution in [1.29, 1.82) is 0 Å². The molecule has 0 spiro atoms. The predicted molar refractivity (Wildman–Crippen MR) is 146 cm³/mol. The summed E-state index contributed by atoms with van der Waals surface area (Å²) in [7, 11) is 1.93. The van der Waals surface area contributed by atoms with Gasteiger partial charge in [0, 0.05) is 26.7 Å². The summed E-state index contributed by atoms with van der Waals surface area (Å²) >= 11 is 0. The van der Waals surface area contributed by atoms with Crippen LogP contribution in [-0.2, 0) is 21.4 Å². The van der Waals surface area contributed by atoms with Crippen molar-refractivity contribution in [1.82, 2.24) is 9.80 Å². The topological polar surface area (TPSA) is 53.1 Å². The normalized spacial score (nSPS) is 17.1. The first-order valence-electron chi connectivity index (χ1n) is 13.2. The maximum Gasteiger partial charge on any atom is 0.265 e. The lowest BCUT2D eigenvalue weighted by Gasteiger charge is -2.43. The highest BCUT2D eigenvalue weighted by Gasteiger charge is 2.44. The van der Waals surface area contributed by atoms with Crippen LogP contribution in [0, 0.1) is 0 Å². The largest absolute Gasteiger partial charge is 0.482 e. The van der Waals surface area contributed by atoms with Crippen molar-refractivity contribution in [2.24, 2.45) is 0 Å². The van der Waals surface area contributed by atoms with Gasteiger partial charge in [-0.15, -0.1) is 0 Å². The average Bonchev–Trinajstić information content (AvgIpc) is 2.96. The third-order valence-corrected chi connectivity index (χ3v) is 7.82. The summed E-state index contributed by atoms with van der Waals surface area (Å²) in [5.41, 5.74) is 2.66. The number of carbonyl (C=O) groups is 2. The van der Waals surface area contributed by atoms with E-state index >= 15 is 0 Å². The number of carbonyl (C=O) groups excluding carboxylic acids is 2. The van der Waals surface area contributed by atoms with Crippen molar-refractivity contribution in [2.75, 3.05) is 51.3 Å². The molecular formula is C31H35N3O3. The molecule has 1 fully saturated rings. The van der Waals surface area contributed by atoms with Gasteiger partial charge in [-0.3, -0.25) is 9.59 Å². The van der Waals surface area contributed by atoms with Crippen molar-refractivity contribution in [3.05, 3.63) is 96.1 Å². The second kappa shape index (κ2) is 11.2. The number of anilines is 1. The van der Waals surface area contributed by atoms with Crippen LogP contribution in [-0.4, -0.2) is 68.0 Å². The Morgan fingerprint density at radius 2 is 1.54 bits per heavy atom. The van der Waals surface area contributed by atoms with E-state index in [1.807, 2.05) is 77.5 Å². The van der Waals surface area contributed by atoms with Crippen LogP contribution in [0.4, 0.5) is 5.69 Å². The monoisotopic (exact) mass is 497 g/mol. The standard InChI is InChI=1S/C31H35N3O3/c1-32(19-16-25-10-4-2-5-11-25)30(36)31(26-12-6-3-7-13-26)17-20-33(21-18-31)22-23-34-27-14-8-9-15-28(27)37-24-29(34)35/h2-15H,16-24H2,1H3. The minimum atomic E-state index is -0.523. The van der Waals surface area contributed by atoms with Gasteiger partial charge in [0.15, 0.2) is 6.61 Å². The average molecular weight is 498 g/mol. The Balaban J connectivity index is 1.25. The molecule has 2 aliphatic heterocycles. The number of para-hydroxylation sites is 2. The van der Waals surface area contributed by atoms with E-state index < -0.39 is 5.41 Å². The van der Waals surface area contributed by atoms with Gasteiger partial charge in [0.25, 0.3) is 5.91 Å². The quantitative estimate of drug-likeness (QED) is 0.469. The molecule has 6 heteroatoms. The maximum absolute atomic E-state index is 14.0. The highest BCUT2D eigenvalue weighted by atomic mass is 16.5.